The molecule has 0 atom stereocenters. The van der Waals surface area contributed by atoms with Crippen LogP contribution in [0, 0.1) is 27.7 Å². The fourth-order valence-electron chi connectivity index (χ4n) is 3.49. The van der Waals surface area contributed by atoms with Crippen LogP contribution >= 0.6 is 0 Å². The molecule has 0 unspecified atom stereocenters. The zero-order valence-electron chi connectivity index (χ0n) is 16.6. The molecule has 1 saturated heterocycles. The Labute approximate surface area is 163 Å². The number of benzene rings is 1. The summed E-state index contributed by atoms with van der Waals surface area (Å²) in [5.74, 6) is 1.66. The summed E-state index contributed by atoms with van der Waals surface area (Å²) in [4.78, 5) is 24.3. The minimum Gasteiger partial charge on any atom is -0.442 e. The van der Waals surface area contributed by atoms with E-state index in [1.165, 1.54) is 5.56 Å². The van der Waals surface area contributed by atoms with Gasteiger partial charge in [-0.05, 0) is 51.0 Å². The summed E-state index contributed by atoms with van der Waals surface area (Å²) >= 11 is 0. The summed E-state index contributed by atoms with van der Waals surface area (Å²) in [6.45, 7) is 10.4. The summed E-state index contributed by atoms with van der Waals surface area (Å²) in [6, 6.07) is 5.87. The van der Waals surface area contributed by atoms with Crippen LogP contribution in [0.25, 0.3) is 11.1 Å². The van der Waals surface area contributed by atoms with E-state index in [0.717, 1.165) is 17.1 Å². The number of amides is 1. The van der Waals surface area contributed by atoms with Gasteiger partial charge in [0.15, 0.2) is 0 Å². The third kappa shape index (κ3) is 3.33. The highest BCUT2D eigenvalue weighted by atomic mass is 16.5. The molecule has 1 fully saturated rings. The minimum absolute atomic E-state index is 0.221. The number of carbonyl (C=O) groups excluding carboxylic acids is 1. The highest BCUT2D eigenvalue weighted by molar-refractivity contribution is 6.15. The maximum atomic E-state index is 13.2. The quantitative estimate of drug-likeness (QED) is 0.748. The molecule has 146 valence electrons. The van der Waals surface area contributed by atoms with Crippen LogP contribution in [0.3, 0.4) is 0 Å². The lowest BCUT2D eigenvalue weighted by molar-refractivity contribution is 0.102. The van der Waals surface area contributed by atoms with Crippen LogP contribution < -0.4 is 10.2 Å². The van der Waals surface area contributed by atoms with Gasteiger partial charge in [-0.1, -0.05) is 6.07 Å². The Hall–Kier alpha value is -2.93. The third-order valence-corrected chi connectivity index (χ3v) is 5.12. The van der Waals surface area contributed by atoms with E-state index in [1.807, 2.05) is 39.0 Å². The second-order valence-electron chi connectivity index (χ2n) is 7.16. The Kier molecular flexibility index (Phi) is 4.77. The van der Waals surface area contributed by atoms with E-state index in [1.54, 1.807) is 6.92 Å². The lowest BCUT2D eigenvalue weighted by Crippen LogP contribution is -2.37. The maximum Gasteiger partial charge on any atom is 0.260 e. The van der Waals surface area contributed by atoms with Gasteiger partial charge in [-0.15, -0.1) is 0 Å². The standard InChI is InChI=1S/C21H24N4O3/c1-12-5-6-16(11-13(12)2)24-20(26)17-14(3)28-21-18(17)19(22-15(4)23-21)25-7-9-27-10-8-25/h5-6,11H,7-10H2,1-4H3,(H,24,26). The normalized spacial score (nSPS) is 14.5. The molecule has 1 amide bonds. The summed E-state index contributed by atoms with van der Waals surface area (Å²) in [7, 11) is 0. The fourth-order valence-corrected chi connectivity index (χ4v) is 3.49. The molecule has 0 radical (unpaired) electrons. The topological polar surface area (TPSA) is 80.5 Å². The average molecular weight is 380 g/mol. The van der Waals surface area contributed by atoms with Crippen molar-refractivity contribution in [3.8, 4) is 0 Å². The van der Waals surface area contributed by atoms with Gasteiger partial charge >= 0.3 is 0 Å². The molecule has 3 heterocycles. The number of ether oxygens (including phenoxy) is 1. The molecule has 0 aliphatic carbocycles. The van der Waals surface area contributed by atoms with Crippen molar-refractivity contribution in [3.63, 3.8) is 0 Å². The summed E-state index contributed by atoms with van der Waals surface area (Å²) in [5, 5.41) is 3.65. The first-order valence-electron chi connectivity index (χ1n) is 9.43. The van der Waals surface area contributed by atoms with Crippen LogP contribution in [-0.4, -0.2) is 42.2 Å². The lowest BCUT2D eigenvalue weighted by Gasteiger charge is -2.28. The molecule has 2 aromatic heterocycles. The largest absolute Gasteiger partial charge is 0.442 e. The number of aryl methyl sites for hydroxylation is 4. The highest BCUT2D eigenvalue weighted by Crippen LogP contribution is 2.33. The third-order valence-electron chi connectivity index (χ3n) is 5.12. The van der Waals surface area contributed by atoms with Crippen molar-refractivity contribution >= 4 is 28.5 Å². The van der Waals surface area contributed by atoms with E-state index in [-0.39, 0.29) is 5.91 Å². The Balaban J connectivity index is 1.78. The Morgan fingerprint density at radius 2 is 1.82 bits per heavy atom. The number of furan rings is 1. The van der Waals surface area contributed by atoms with E-state index in [2.05, 4.69) is 20.2 Å². The molecule has 3 aromatic rings. The monoisotopic (exact) mass is 380 g/mol. The number of nitrogens with zero attached hydrogens (tertiary/aromatic N) is 3. The van der Waals surface area contributed by atoms with Crippen molar-refractivity contribution in [2.45, 2.75) is 27.7 Å². The average Bonchev–Trinajstić information content (AvgIpc) is 3.00. The van der Waals surface area contributed by atoms with Crippen LogP contribution in [0.4, 0.5) is 11.5 Å². The van der Waals surface area contributed by atoms with Crippen LogP contribution in [0.2, 0.25) is 0 Å². The van der Waals surface area contributed by atoms with Crippen molar-refractivity contribution in [2.75, 3.05) is 36.5 Å². The maximum absolute atomic E-state index is 13.2. The number of aromatic nitrogens is 2. The predicted octanol–water partition coefficient (Wildman–Crippen LogP) is 3.55. The van der Waals surface area contributed by atoms with E-state index >= 15 is 0 Å². The van der Waals surface area contributed by atoms with Gasteiger partial charge in [0, 0.05) is 18.8 Å². The first-order chi connectivity index (χ1) is 13.4. The molecule has 28 heavy (non-hydrogen) atoms. The van der Waals surface area contributed by atoms with E-state index in [0.29, 0.717) is 54.6 Å². The molecule has 0 saturated carbocycles. The Morgan fingerprint density at radius 3 is 2.54 bits per heavy atom. The zero-order chi connectivity index (χ0) is 19.8. The molecule has 1 aliphatic rings. The van der Waals surface area contributed by atoms with E-state index in [9.17, 15) is 4.79 Å². The van der Waals surface area contributed by atoms with Gasteiger partial charge in [-0.3, -0.25) is 4.79 Å². The summed E-state index contributed by atoms with van der Waals surface area (Å²) < 4.78 is 11.3. The Bertz CT molecular complexity index is 1050. The van der Waals surface area contributed by atoms with Crippen LogP contribution in [0.5, 0.6) is 0 Å². The number of hydrogen-bond acceptors (Lipinski definition) is 6. The first-order valence-corrected chi connectivity index (χ1v) is 9.43. The van der Waals surface area contributed by atoms with Crippen LogP contribution in [0.15, 0.2) is 22.6 Å². The van der Waals surface area contributed by atoms with Crippen molar-refractivity contribution in [2.24, 2.45) is 0 Å². The molecular formula is C21H24N4O3. The van der Waals surface area contributed by atoms with Crippen LogP contribution in [0.1, 0.15) is 33.1 Å². The van der Waals surface area contributed by atoms with E-state index in [4.69, 9.17) is 9.15 Å². The SMILES string of the molecule is Cc1nc(N2CCOCC2)c2c(C(=O)Nc3ccc(C)c(C)c3)c(C)oc2n1. The number of anilines is 2. The van der Waals surface area contributed by atoms with Crippen molar-refractivity contribution in [3.05, 3.63) is 46.5 Å². The van der Waals surface area contributed by atoms with Gasteiger partial charge in [-0.2, -0.15) is 4.98 Å². The van der Waals surface area contributed by atoms with Crippen LogP contribution in [-0.2, 0) is 4.74 Å². The van der Waals surface area contributed by atoms with Crippen molar-refractivity contribution in [1.82, 2.24) is 9.97 Å². The molecule has 4 rings (SSSR count). The van der Waals surface area contributed by atoms with Gasteiger partial charge in [0.05, 0.1) is 24.2 Å². The molecule has 7 nitrogen and oxygen atoms in total. The summed E-state index contributed by atoms with van der Waals surface area (Å²) in [5.41, 5.74) is 3.98. The molecule has 1 aliphatic heterocycles. The molecular weight excluding hydrogens is 356 g/mol. The van der Waals surface area contributed by atoms with Gasteiger partial charge in [-0.25, -0.2) is 4.98 Å². The van der Waals surface area contributed by atoms with Gasteiger partial charge in [0.25, 0.3) is 5.91 Å². The van der Waals surface area contributed by atoms with Crippen molar-refractivity contribution in [1.29, 1.82) is 0 Å². The van der Waals surface area contributed by atoms with Gasteiger partial charge in [0.2, 0.25) is 5.71 Å². The van der Waals surface area contributed by atoms with Gasteiger partial charge < -0.3 is 19.4 Å². The molecule has 0 bridgehead atoms. The molecule has 1 aromatic carbocycles. The number of hydrogen-bond donors (Lipinski definition) is 1. The van der Waals surface area contributed by atoms with Crippen molar-refractivity contribution < 1.29 is 13.9 Å². The minimum atomic E-state index is -0.221. The number of fused-ring (bicyclic) bond motifs is 1. The second kappa shape index (κ2) is 7.24. The summed E-state index contributed by atoms with van der Waals surface area (Å²) in [6.07, 6.45) is 0. The number of rotatable bonds is 3. The second-order valence-corrected chi connectivity index (χ2v) is 7.16. The zero-order valence-corrected chi connectivity index (χ0v) is 16.6. The number of morpholine rings is 1. The number of carbonyl (C=O) groups is 1. The Morgan fingerprint density at radius 1 is 1.07 bits per heavy atom. The fraction of sp³-hybridized carbons (Fsp3) is 0.381. The molecule has 1 N–H and O–H groups in total. The van der Waals surface area contributed by atoms with E-state index < -0.39 is 0 Å². The first kappa shape index (κ1) is 18.4. The van der Waals surface area contributed by atoms with Gasteiger partial charge in [0.1, 0.15) is 17.4 Å². The number of nitrogens with one attached hydrogen (secondary N) is 1. The smallest absolute Gasteiger partial charge is 0.260 e. The lowest BCUT2D eigenvalue weighted by atomic mass is 10.1. The highest BCUT2D eigenvalue weighted by Gasteiger charge is 2.26. The predicted molar refractivity (Wildman–Crippen MR) is 108 cm³/mol. The molecule has 0 spiro atoms. The molecule has 7 heteroatoms.